The summed E-state index contributed by atoms with van der Waals surface area (Å²) < 4.78 is 0. The third-order valence-corrected chi connectivity index (χ3v) is 3.07. The van der Waals surface area contributed by atoms with E-state index in [0.717, 1.165) is 5.56 Å². The van der Waals surface area contributed by atoms with Gasteiger partial charge in [0.15, 0.2) is 5.78 Å². The maximum Gasteiger partial charge on any atom is 0.404 e. The fourth-order valence-corrected chi connectivity index (χ4v) is 1.93. The molecule has 0 fully saturated rings. The minimum atomic E-state index is -1.21. The van der Waals surface area contributed by atoms with Crippen molar-refractivity contribution in [2.45, 2.75) is 25.3 Å². The summed E-state index contributed by atoms with van der Waals surface area (Å²) in [5.74, 6) is -0.899. The lowest BCUT2D eigenvalue weighted by molar-refractivity contribution is -0.129. The van der Waals surface area contributed by atoms with Gasteiger partial charge in [0.05, 0.1) is 6.04 Å². The molecule has 120 valence electrons. The summed E-state index contributed by atoms with van der Waals surface area (Å²) in [6.45, 7) is -0.674. The Bertz CT molecular complexity index is 504. The fourth-order valence-electron chi connectivity index (χ4n) is 1.93. The molecule has 1 aromatic rings. The van der Waals surface area contributed by atoms with Crippen molar-refractivity contribution in [2.75, 3.05) is 13.2 Å². The molecule has 0 saturated heterocycles. The lowest BCUT2D eigenvalue weighted by Gasteiger charge is -2.16. The van der Waals surface area contributed by atoms with Gasteiger partial charge in [-0.2, -0.15) is 0 Å². The van der Waals surface area contributed by atoms with Crippen molar-refractivity contribution < 1.29 is 24.6 Å². The molecule has 2 amide bonds. The molecule has 0 radical (unpaired) electrons. The van der Waals surface area contributed by atoms with Crippen LogP contribution in [0.5, 0.6) is 0 Å². The molecule has 0 aliphatic heterocycles. The largest absolute Gasteiger partial charge is 0.465 e. The van der Waals surface area contributed by atoms with Crippen LogP contribution in [0.1, 0.15) is 18.4 Å². The molecule has 0 heterocycles. The van der Waals surface area contributed by atoms with Crippen LogP contribution < -0.4 is 10.6 Å². The van der Waals surface area contributed by atoms with Gasteiger partial charge in [-0.25, -0.2) is 4.79 Å². The van der Waals surface area contributed by atoms with Gasteiger partial charge in [0.1, 0.15) is 6.61 Å². The van der Waals surface area contributed by atoms with E-state index in [-0.39, 0.29) is 13.0 Å². The second-order valence-corrected chi connectivity index (χ2v) is 4.75. The Morgan fingerprint density at radius 2 is 1.82 bits per heavy atom. The number of amides is 2. The first-order valence-electron chi connectivity index (χ1n) is 6.96. The number of rotatable bonds is 9. The van der Waals surface area contributed by atoms with Gasteiger partial charge < -0.3 is 20.8 Å². The zero-order valence-electron chi connectivity index (χ0n) is 12.1. The van der Waals surface area contributed by atoms with E-state index in [0.29, 0.717) is 12.8 Å². The molecule has 22 heavy (non-hydrogen) atoms. The minimum absolute atomic E-state index is 0.0279. The lowest BCUT2D eigenvalue weighted by Crippen LogP contribution is -2.43. The Morgan fingerprint density at radius 1 is 1.14 bits per heavy atom. The molecular formula is C15H20N2O5. The molecular weight excluding hydrogens is 288 g/mol. The van der Waals surface area contributed by atoms with Crippen molar-refractivity contribution in [3.8, 4) is 0 Å². The molecule has 0 aliphatic rings. The van der Waals surface area contributed by atoms with Crippen molar-refractivity contribution in [2.24, 2.45) is 0 Å². The van der Waals surface area contributed by atoms with Crippen molar-refractivity contribution in [1.29, 1.82) is 0 Å². The zero-order chi connectivity index (χ0) is 16.4. The number of aryl methyl sites for hydroxylation is 1. The monoisotopic (exact) mass is 308 g/mol. The lowest BCUT2D eigenvalue weighted by atomic mass is 10.0. The van der Waals surface area contributed by atoms with Gasteiger partial charge in [0.2, 0.25) is 5.91 Å². The average Bonchev–Trinajstić information content (AvgIpc) is 2.51. The molecule has 1 aromatic carbocycles. The van der Waals surface area contributed by atoms with Gasteiger partial charge in [-0.15, -0.1) is 0 Å². The highest BCUT2D eigenvalue weighted by atomic mass is 16.4. The number of aliphatic hydroxyl groups excluding tert-OH is 1. The Morgan fingerprint density at radius 3 is 2.41 bits per heavy atom. The number of aliphatic hydroxyl groups is 1. The SMILES string of the molecule is O=C(O)NCCC(=O)N[C@@H](CCc1ccccc1)C(=O)CO. The first-order valence-corrected chi connectivity index (χ1v) is 6.96. The predicted octanol–water partition coefficient (Wildman–Crippen LogP) is 0.323. The van der Waals surface area contributed by atoms with Crippen LogP contribution >= 0.6 is 0 Å². The van der Waals surface area contributed by atoms with E-state index >= 15 is 0 Å². The third kappa shape index (κ3) is 6.85. The van der Waals surface area contributed by atoms with Crippen LogP contribution in [-0.4, -0.2) is 47.2 Å². The number of ketones is 1. The Balaban J connectivity index is 2.48. The van der Waals surface area contributed by atoms with Gasteiger partial charge in [0.25, 0.3) is 0 Å². The molecule has 0 bridgehead atoms. The number of carboxylic acid groups (broad SMARTS) is 1. The van der Waals surface area contributed by atoms with Gasteiger partial charge in [0, 0.05) is 13.0 Å². The van der Waals surface area contributed by atoms with Gasteiger partial charge in [-0.1, -0.05) is 30.3 Å². The average molecular weight is 308 g/mol. The van der Waals surface area contributed by atoms with Crippen LogP contribution in [0.25, 0.3) is 0 Å². The number of hydrogen-bond acceptors (Lipinski definition) is 4. The summed E-state index contributed by atoms with van der Waals surface area (Å²) >= 11 is 0. The van der Waals surface area contributed by atoms with E-state index in [1.807, 2.05) is 30.3 Å². The van der Waals surface area contributed by atoms with E-state index in [2.05, 4.69) is 10.6 Å². The molecule has 0 saturated carbocycles. The van der Waals surface area contributed by atoms with Gasteiger partial charge in [-0.05, 0) is 18.4 Å². The van der Waals surface area contributed by atoms with E-state index in [9.17, 15) is 14.4 Å². The summed E-state index contributed by atoms with van der Waals surface area (Å²) in [6, 6.07) is 8.71. The van der Waals surface area contributed by atoms with Crippen molar-refractivity contribution >= 4 is 17.8 Å². The smallest absolute Gasteiger partial charge is 0.404 e. The predicted molar refractivity (Wildman–Crippen MR) is 79.4 cm³/mol. The minimum Gasteiger partial charge on any atom is -0.465 e. The van der Waals surface area contributed by atoms with Crippen LogP contribution in [0.3, 0.4) is 0 Å². The molecule has 1 atom stereocenters. The van der Waals surface area contributed by atoms with Crippen molar-refractivity contribution in [3.63, 3.8) is 0 Å². The quantitative estimate of drug-likeness (QED) is 0.524. The summed E-state index contributed by atoms with van der Waals surface area (Å²) in [4.78, 5) is 33.7. The van der Waals surface area contributed by atoms with E-state index in [1.165, 1.54) is 0 Å². The first kappa shape index (κ1) is 17.6. The summed E-state index contributed by atoms with van der Waals surface area (Å²) in [6.07, 6.45) is -0.306. The van der Waals surface area contributed by atoms with Crippen LogP contribution in [0.15, 0.2) is 30.3 Å². The number of hydrogen-bond donors (Lipinski definition) is 4. The molecule has 7 heteroatoms. The molecule has 0 aromatic heterocycles. The summed E-state index contributed by atoms with van der Waals surface area (Å²) in [7, 11) is 0. The Labute approximate surface area is 128 Å². The number of carbonyl (C=O) groups excluding carboxylic acids is 2. The highest BCUT2D eigenvalue weighted by Gasteiger charge is 2.19. The topological polar surface area (TPSA) is 116 Å². The highest BCUT2D eigenvalue weighted by molar-refractivity contribution is 5.89. The molecule has 1 rings (SSSR count). The number of carbonyl (C=O) groups is 3. The zero-order valence-corrected chi connectivity index (χ0v) is 12.1. The highest BCUT2D eigenvalue weighted by Crippen LogP contribution is 2.06. The molecule has 4 N–H and O–H groups in total. The van der Waals surface area contributed by atoms with Crippen LogP contribution in [0.4, 0.5) is 4.79 Å². The van der Waals surface area contributed by atoms with Gasteiger partial charge >= 0.3 is 6.09 Å². The summed E-state index contributed by atoms with van der Waals surface area (Å²) in [5.41, 5.74) is 1.03. The van der Waals surface area contributed by atoms with E-state index < -0.39 is 30.4 Å². The molecule has 0 spiro atoms. The normalized spacial score (nSPS) is 11.5. The van der Waals surface area contributed by atoms with Gasteiger partial charge in [-0.3, -0.25) is 9.59 Å². The Hall–Kier alpha value is -2.41. The molecule has 0 aliphatic carbocycles. The van der Waals surface area contributed by atoms with Crippen LogP contribution in [0.2, 0.25) is 0 Å². The third-order valence-electron chi connectivity index (χ3n) is 3.07. The fraction of sp³-hybridized carbons (Fsp3) is 0.400. The maximum absolute atomic E-state index is 11.7. The standard InChI is InChI=1S/C15H20N2O5/c18-10-13(19)12(7-6-11-4-2-1-3-5-11)17-14(20)8-9-16-15(21)22/h1-5,12,16,18H,6-10H2,(H,17,20)(H,21,22)/t12-/m0/s1. The van der Waals surface area contributed by atoms with E-state index in [4.69, 9.17) is 10.2 Å². The molecule has 0 unspecified atom stereocenters. The second-order valence-electron chi connectivity index (χ2n) is 4.75. The maximum atomic E-state index is 11.7. The Kier molecular flexibility index (Phi) is 7.63. The number of Topliss-reactive ketones (excluding diaryl/α,β-unsaturated/α-hetero) is 1. The number of benzene rings is 1. The van der Waals surface area contributed by atoms with E-state index in [1.54, 1.807) is 0 Å². The molecule has 7 nitrogen and oxygen atoms in total. The van der Waals surface area contributed by atoms with Crippen LogP contribution in [0, 0.1) is 0 Å². The second kappa shape index (κ2) is 9.51. The van der Waals surface area contributed by atoms with Crippen LogP contribution in [-0.2, 0) is 16.0 Å². The van der Waals surface area contributed by atoms with Crippen molar-refractivity contribution in [1.82, 2.24) is 10.6 Å². The summed E-state index contributed by atoms with van der Waals surface area (Å²) in [5, 5.41) is 22.0. The first-order chi connectivity index (χ1) is 10.5. The number of nitrogens with one attached hydrogen (secondary N) is 2. The van der Waals surface area contributed by atoms with Crippen molar-refractivity contribution in [3.05, 3.63) is 35.9 Å².